The lowest BCUT2D eigenvalue weighted by atomic mass is 9.77. The quantitative estimate of drug-likeness (QED) is 0.520. The summed E-state index contributed by atoms with van der Waals surface area (Å²) in [6.45, 7) is 5.52. The molecule has 0 aliphatic heterocycles. The van der Waals surface area contributed by atoms with Crippen molar-refractivity contribution in [3.63, 3.8) is 0 Å². The molecule has 0 bridgehead atoms. The normalized spacial score (nSPS) is 35.8. The van der Waals surface area contributed by atoms with E-state index in [1.54, 1.807) is 13.8 Å². The molecule has 0 aromatic rings. The highest BCUT2D eigenvalue weighted by Gasteiger charge is 2.33. The maximum atomic E-state index is 9.77. The highest BCUT2D eigenvalue weighted by molar-refractivity contribution is 5.23. The van der Waals surface area contributed by atoms with E-state index < -0.39 is 5.60 Å². The van der Waals surface area contributed by atoms with Crippen LogP contribution in [0, 0.1) is 0 Å². The van der Waals surface area contributed by atoms with Gasteiger partial charge in [-0.15, -0.1) is 0 Å². The maximum absolute atomic E-state index is 9.77. The van der Waals surface area contributed by atoms with E-state index in [-0.39, 0.29) is 11.6 Å². The van der Waals surface area contributed by atoms with E-state index in [2.05, 4.69) is 0 Å². The summed E-state index contributed by atoms with van der Waals surface area (Å²) >= 11 is 0. The van der Waals surface area contributed by atoms with E-state index >= 15 is 0 Å². The average Bonchev–Trinajstić information content (AvgIpc) is 1.92. The Morgan fingerprint density at radius 3 is 2.54 bits per heavy atom. The van der Waals surface area contributed by atoms with Crippen molar-refractivity contribution in [3.05, 3.63) is 11.6 Å². The highest BCUT2D eigenvalue weighted by Crippen LogP contribution is 2.30. The van der Waals surface area contributed by atoms with Gasteiger partial charge in [0, 0.05) is 11.6 Å². The molecule has 0 heterocycles. The molecular weight excluding hydrogens is 164 g/mol. The van der Waals surface area contributed by atoms with Crippen LogP contribution in [0.15, 0.2) is 11.6 Å². The zero-order valence-corrected chi connectivity index (χ0v) is 8.67. The van der Waals surface area contributed by atoms with E-state index in [1.165, 1.54) is 0 Å². The number of aliphatic hydroxyl groups is 1. The van der Waals surface area contributed by atoms with Crippen molar-refractivity contribution in [3.8, 4) is 0 Å². The van der Waals surface area contributed by atoms with Crippen molar-refractivity contribution in [2.45, 2.75) is 50.8 Å². The van der Waals surface area contributed by atoms with E-state index in [4.69, 9.17) is 11.5 Å². The van der Waals surface area contributed by atoms with Crippen LogP contribution in [0.1, 0.15) is 33.6 Å². The minimum absolute atomic E-state index is 0.150. The molecule has 0 aromatic heterocycles. The molecular formula is C10H20N2O. The van der Waals surface area contributed by atoms with Crippen molar-refractivity contribution >= 4 is 0 Å². The second-order valence-electron chi connectivity index (χ2n) is 4.78. The van der Waals surface area contributed by atoms with Gasteiger partial charge in [0.05, 0.1) is 5.60 Å². The molecule has 0 spiro atoms. The third kappa shape index (κ3) is 2.30. The van der Waals surface area contributed by atoms with Crippen molar-refractivity contribution in [2.24, 2.45) is 11.5 Å². The Kier molecular flexibility index (Phi) is 2.54. The lowest BCUT2D eigenvalue weighted by molar-refractivity contribution is 0.110. The van der Waals surface area contributed by atoms with Gasteiger partial charge in [0.2, 0.25) is 0 Å². The van der Waals surface area contributed by atoms with Crippen molar-refractivity contribution in [1.82, 2.24) is 0 Å². The Labute approximate surface area is 79.8 Å². The Balaban J connectivity index is 2.85. The minimum atomic E-state index is -0.756. The molecule has 3 heteroatoms. The molecule has 5 N–H and O–H groups in total. The first-order valence-electron chi connectivity index (χ1n) is 4.71. The van der Waals surface area contributed by atoms with Crippen LogP contribution in [0.2, 0.25) is 0 Å². The first-order valence-corrected chi connectivity index (χ1v) is 4.71. The molecule has 2 unspecified atom stereocenters. The van der Waals surface area contributed by atoms with Gasteiger partial charge in [0.15, 0.2) is 0 Å². The van der Waals surface area contributed by atoms with Crippen LogP contribution in [0.25, 0.3) is 0 Å². The van der Waals surface area contributed by atoms with Gasteiger partial charge in [-0.3, -0.25) is 0 Å². The fourth-order valence-corrected chi connectivity index (χ4v) is 1.57. The number of nitrogens with two attached hydrogens (primary N) is 2. The summed E-state index contributed by atoms with van der Waals surface area (Å²) in [7, 11) is 0. The Hall–Kier alpha value is -0.380. The third-order valence-electron chi connectivity index (χ3n) is 2.86. The van der Waals surface area contributed by atoms with Crippen molar-refractivity contribution < 1.29 is 5.11 Å². The standard InChI is InChI=1S/C10H20N2O/c1-9(2,13)7-4-5-10(3,12)8(11)6-7/h6,8,13H,4-5,11-12H2,1-3H3. The second kappa shape index (κ2) is 3.08. The summed E-state index contributed by atoms with van der Waals surface area (Å²) in [5.74, 6) is 0. The molecule has 76 valence electrons. The lowest BCUT2D eigenvalue weighted by Gasteiger charge is -2.37. The molecule has 2 atom stereocenters. The number of hydrogen-bond donors (Lipinski definition) is 3. The first kappa shape index (κ1) is 10.7. The summed E-state index contributed by atoms with van der Waals surface area (Å²) in [6, 6.07) is -0.150. The van der Waals surface area contributed by atoms with Crippen molar-refractivity contribution in [2.75, 3.05) is 0 Å². The Morgan fingerprint density at radius 1 is 1.62 bits per heavy atom. The summed E-state index contributed by atoms with van der Waals surface area (Å²) in [5.41, 5.74) is 11.8. The monoisotopic (exact) mass is 184 g/mol. The predicted molar refractivity (Wildman–Crippen MR) is 54.2 cm³/mol. The topological polar surface area (TPSA) is 72.3 Å². The molecule has 13 heavy (non-hydrogen) atoms. The molecule has 0 radical (unpaired) electrons. The Morgan fingerprint density at radius 2 is 2.15 bits per heavy atom. The van der Waals surface area contributed by atoms with Crippen LogP contribution in [0.3, 0.4) is 0 Å². The molecule has 0 amide bonds. The smallest absolute Gasteiger partial charge is 0.0801 e. The lowest BCUT2D eigenvalue weighted by Crippen LogP contribution is -2.54. The van der Waals surface area contributed by atoms with Gasteiger partial charge in [-0.05, 0) is 39.2 Å². The summed E-state index contributed by atoms with van der Waals surface area (Å²) < 4.78 is 0. The fourth-order valence-electron chi connectivity index (χ4n) is 1.57. The summed E-state index contributed by atoms with van der Waals surface area (Å²) in [4.78, 5) is 0. The highest BCUT2D eigenvalue weighted by atomic mass is 16.3. The molecule has 1 rings (SSSR count). The molecule has 1 aliphatic carbocycles. The van der Waals surface area contributed by atoms with Gasteiger partial charge < -0.3 is 16.6 Å². The maximum Gasteiger partial charge on any atom is 0.0801 e. The minimum Gasteiger partial charge on any atom is -0.386 e. The zero-order chi connectivity index (χ0) is 10.3. The van der Waals surface area contributed by atoms with Gasteiger partial charge >= 0.3 is 0 Å². The molecule has 0 fully saturated rings. The molecule has 0 aromatic carbocycles. The second-order valence-corrected chi connectivity index (χ2v) is 4.78. The largest absolute Gasteiger partial charge is 0.386 e. The van der Waals surface area contributed by atoms with Gasteiger partial charge in [0.1, 0.15) is 0 Å². The van der Waals surface area contributed by atoms with Gasteiger partial charge in [0.25, 0.3) is 0 Å². The van der Waals surface area contributed by atoms with Crippen LogP contribution in [-0.4, -0.2) is 22.3 Å². The molecule has 1 aliphatic rings. The van der Waals surface area contributed by atoms with Crippen LogP contribution in [0.4, 0.5) is 0 Å². The third-order valence-corrected chi connectivity index (χ3v) is 2.86. The van der Waals surface area contributed by atoms with Crippen LogP contribution in [0.5, 0.6) is 0 Å². The zero-order valence-electron chi connectivity index (χ0n) is 8.67. The fraction of sp³-hybridized carbons (Fsp3) is 0.800. The van der Waals surface area contributed by atoms with E-state index in [0.29, 0.717) is 0 Å². The van der Waals surface area contributed by atoms with Crippen LogP contribution >= 0.6 is 0 Å². The van der Waals surface area contributed by atoms with E-state index in [1.807, 2.05) is 13.0 Å². The number of rotatable bonds is 1. The predicted octanol–water partition coefficient (Wildman–Crippen LogP) is 0.522. The van der Waals surface area contributed by atoms with E-state index in [0.717, 1.165) is 18.4 Å². The number of hydrogen-bond acceptors (Lipinski definition) is 3. The molecule has 0 saturated heterocycles. The average molecular weight is 184 g/mol. The molecule has 3 nitrogen and oxygen atoms in total. The SMILES string of the molecule is CC(C)(O)C1=CC(N)C(C)(N)CC1. The summed E-state index contributed by atoms with van der Waals surface area (Å²) in [5, 5.41) is 9.77. The van der Waals surface area contributed by atoms with Gasteiger partial charge in [-0.2, -0.15) is 0 Å². The summed E-state index contributed by atoms with van der Waals surface area (Å²) in [6.07, 6.45) is 3.58. The molecule has 0 saturated carbocycles. The first-order chi connectivity index (χ1) is 5.73. The van der Waals surface area contributed by atoms with Crippen LogP contribution < -0.4 is 11.5 Å². The van der Waals surface area contributed by atoms with Crippen LogP contribution in [-0.2, 0) is 0 Å². The van der Waals surface area contributed by atoms with E-state index in [9.17, 15) is 5.11 Å². The van der Waals surface area contributed by atoms with Crippen molar-refractivity contribution in [1.29, 1.82) is 0 Å². The van der Waals surface area contributed by atoms with Gasteiger partial charge in [-0.1, -0.05) is 6.08 Å². The Bertz CT molecular complexity index is 226. The van der Waals surface area contributed by atoms with Gasteiger partial charge in [-0.25, -0.2) is 0 Å².